The third kappa shape index (κ3) is 4.68. The minimum atomic E-state index is -4.23. The summed E-state index contributed by atoms with van der Waals surface area (Å²) in [6.45, 7) is -5.43. The first-order valence-electron chi connectivity index (χ1n) is 12.2. The van der Waals surface area contributed by atoms with Crippen LogP contribution in [0.4, 0.5) is 20.5 Å². The lowest BCUT2D eigenvalue weighted by atomic mass is 10.1. The number of nitrogens with two attached hydrogens (primary N) is 2. The molecule has 15 nitrogen and oxygen atoms in total. The smallest absolute Gasteiger partial charge is 0.280 e. The van der Waals surface area contributed by atoms with Crippen molar-refractivity contribution in [3.05, 3.63) is 35.3 Å². The molecular formula is C21H24F2N9O6PS2. The second kappa shape index (κ2) is 10.5. The fraction of sp³-hybridized carbons (Fsp3) is 0.476. The number of halogens is 2. The Balaban J connectivity index is 1.25. The van der Waals surface area contributed by atoms with Gasteiger partial charge in [0.1, 0.15) is 41.8 Å². The van der Waals surface area contributed by atoms with E-state index in [-0.39, 0.29) is 28.6 Å². The van der Waals surface area contributed by atoms with Crippen LogP contribution < -0.4 is 17.0 Å². The summed E-state index contributed by atoms with van der Waals surface area (Å²) in [6, 6.07) is 1.58. The van der Waals surface area contributed by atoms with Gasteiger partial charge < -0.3 is 40.1 Å². The predicted octanol–water partition coefficient (Wildman–Crippen LogP) is 0.778. The number of aliphatic hydroxyl groups is 2. The minimum absolute atomic E-state index is 0.00827. The standard InChI is InChI=1S/C21H24F2N9O6PS2/c22-10-9(3-33)41-20(32-6-28-12-17(32)29-21(25)30-18(12)35)14(10)39(36,40)37-4-8-13(34)11(23)19(38-8)31-2-1-7-15(24)26-5-27-16(7)31/h1-2,5-6,8-11,13-14,19-20,33-34H,3-4H2,(H,36,40)(H2,24,26,27)(H3,25,29,30,35)/t8-,9-,10-,11+,13-,14-,19-,20-,39?/m1/s1. The number of alkyl halides is 2. The Morgan fingerprint density at radius 3 is 2.76 bits per heavy atom. The highest BCUT2D eigenvalue weighted by Crippen LogP contribution is 2.67. The number of imidazole rings is 1. The van der Waals surface area contributed by atoms with E-state index in [0.29, 0.717) is 5.39 Å². The van der Waals surface area contributed by atoms with Gasteiger partial charge >= 0.3 is 0 Å². The monoisotopic (exact) mass is 631 g/mol. The van der Waals surface area contributed by atoms with Crippen molar-refractivity contribution in [3.8, 4) is 0 Å². The summed E-state index contributed by atoms with van der Waals surface area (Å²) in [4.78, 5) is 30.6. The van der Waals surface area contributed by atoms with Crippen molar-refractivity contribution in [2.45, 2.75) is 47.1 Å². The quantitative estimate of drug-likeness (QED) is 0.123. The summed E-state index contributed by atoms with van der Waals surface area (Å²) in [5.41, 5.74) is 9.64. The highest BCUT2D eigenvalue weighted by molar-refractivity contribution is 8.46. The number of hydrogen-bond acceptors (Lipinski definition) is 13. The van der Waals surface area contributed by atoms with Gasteiger partial charge in [0.2, 0.25) is 5.95 Å². The maximum atomic E-state index is 15.6. The molecule has 0 aliphatic carbocycles. The topological polar surface area (TPSA) is 222 Å². The van der Waals surface area contributed by atoms with Crippen molar-refractivity contribution in [1.82, 2.24) is 34.1 Å². The number of aliphatic hydroxyl groups excluding tert-OH is 2. The van der Waals surface area contributed by atoms with Gasteiger partial charge in [0.15, 0.2) is 23.6 Å². The molecule has 0 aromatic carbocycles. The second-order valence-corrected chi connectivity index (χ2v) is 14.6. The van der Waals surface area contributed by atoms with E-state index in [0.717, 1.165) is 11.8 Å². The van der Waals surface area contributed by atoms with Crippen molar-refractivity contribution >= 4 is 64.5 Å². The highest BCUT2D eigenvalue weighted by Gasteiger charge is 2.55. The van der Waals surface area contributed by atoms with Gasteiger partial charge in [0, 0.05) is 6.20 Å². The average Bonchev–Trinajstić information content (AvgIpc) is 3.68. The van der Waals surface area contributed by atoms with E-state index in [9.17, 15) is 19.6 Å². The van der Waals surface area contributed by atoms with Gasteiger partial charge in [-0.2, -0.15) is 4.98 Å². The van der Waals surface area contributed by atoms with Crippen molar-refractivity contribution < 1.29 is 32.8 Å². The Bertz CT molecular complexity index is 1720. The number of hydrogen-bond donors (Lipinski definition) is 6. The molecule has 0 amide bonds. The molecule has 20 heteroatoms. The number of nitrogens with zero attached hydrogens (tertiary/aromatic N) is 6. The van der Waals surface area contributed by atoms with Gasteiger partial charge in [0.05, 0.1) is 35.6 Å². The molecule has 4 aromatic rings. The van der Waals surface area contributed by atoms with Crippen LogP contribution in [0.25, 0.3) is 22.2 Å². The third-order valence-corrected chi connectivity index (χ3v) is 11.8. The number of thioether (sulfide) groups is 1. The zero-order valence-electron chi connectivity index (χ0n) is 20.8. The van der Waals surface area contributed by atoms with Crippen LogP contribution in [-0.2, 0) is 13.8 Å². The van der Waals surface area contributed by atoms with E-state index in [1.807, 2.05) is 0 Å². The fourth-order valence-corrected chi connectivity index (χ4v) is 10.0. The molecule has 0 bridgehead atoms. The molecule has 4 aromatic heterocycles. The zero-order chi connectivity index (χ0) is 29.2. The van der Waals surface area contributed by atoms with E-state index in [4.69, 9.17) is 20.7 Å². The second-order valence-electron chi connectivity index (χ2n) is 9.54. The van der Waals surface area contributed by atoms with Gasteiger partial charge in [-0.15, -0.1) is 11.8 Å². The van der Waals surface area contributed by atoms with E-state index in [1.54, 1.807) is 6.07 Å². The Labute approximate surface area is 238 Å². The number of aromatic amines is 1. The van der Waals surface area contributed by atoms with Gasteiger partial charge in [-0.05, 0) is 6.07 Å². The van der Waals surface area contributed by atoms with Crippen LogP contribution in [0.5, 0.6) is 0 Å². The van der Waals surface area contributed by atoms with Crippen molar-refractivity contribution in [2.24, 2.45) is 0 Å². The molecule has 2 fully saturated rings. The van der Waals surface area contributed by atoms with Gasteiger partial charge in [-0.25, -0.2) is 23.7 Å². The summed E-state index contributed by atoms with van der Waals surface area (Å²) >= 11 is 5.13. The van der Waals surface area contributed by atoms with Gasteiger partial charge in [-0.3, -0.25) is 14.3 Å². The van der Waals surface area contributed by atoms with Crippen LogP contribution in [0.1, 0.15) is 11.6 Å². The SMILES string of the molecule is Nc1nc2c(ncn2[C@@H]2S[C@H](CO)[C@@H](F)[C@H]2P(=O)(S)OC[C@H]2O[C@@H](n3ccc4c(N)ncnc43)[C@@H](F)[C@@H]2O)c(=O)[nH]1. The van der Waals surface area contributed by atoms with Crippen LogP contribution >= 0.6 is 30.6 Å². The van der Waals surface area contributed by atoms with Gasteiger partial charge in [-0.1, -0.05) is 12.2 Å². The van der Waals surface area contributed by atoms with E-state index in [1.165, 1.54) is 28.0 Å². The van der Waals surface area contributed by atoms with E-state index < -0.39 is 72.4 Å². The number of anilines is 2. The maximum Gasteiger partial charge on any atom is 0.280 e. The molecule has 2 aliphatic heterocycles. The van der Waals surface area contributed by atoms with Gasteiger partial charge in [0.25, 0.3) is 12.1 Å². The summed E-state index contributed by atoms with van der Waals surface area (Å²) in [7, 11) is 0. The molecule has 2 aliphatic rings. The lowest BCUT2D eigenvalue weighted by molar-refractivity contribution is -0.0405. The first kappa shape index (κ1) is 28.3. The summed E-state index contributed by atoms with van der Waals surface area (Å²) in [5.74, 6) is -0.0327. The molecular weight excluding hydrogens is 607 g/mol. The minimum Gasteiger partial charge on any atom is -0.395 e. The molecule has 0 radical (unpaired) electrons. The molecule has 9 atom stereocenters. The number of thiol groups is 1. The molecule has 41 heavy (non-hydrogen) atoms. The molecule has 1 unspecified atom stereocenters. The average molecular weight is 632 g/mol. The number of nitrogens with one attached hydrogen (secondary N) is 1. The summed E-state index contributed by atoms with van der Waals surface area (Å²) < 4.78 is 58.6. The van der Waals surface area contributed by atoms with Crippen LogP contribution in [-0.4, -0.2) is 92.9 Å². The van der Waals surface area contributed by atoms with Crippen molar-refractivity contribution in [2.75, 3.05) is 24.7 Å². The Kier molecular flexibility index (Phi) is 7.24. The zero-order valence-corrected chi connectivity index (χ0v) is 23.4. The molecule has 2 saturated heterocycles. The molecule has 0 saturated carbocycles. The van der Waals surface area contributed by atoms with Crippen LogP contribution in [0, 0.1) is 0 Å². The Morgan fingerprint density at radius 2 is 2.00 bits per heavy atom. The molecule has 0 spiro atoms. The predicted molar refractivity (Wildman–Crippen MR) is 148 cm³/mol. The number of nitrogen functional groups attached to an aromatic ring is 2. The normalized spacial score (nSPS) is 31.7. The van der Waals surface area contributed by atoms with Crippen LogP contribution in [0.2, 0.25) is 0 Å². The Morgan fingerprint density at radius 1 is 1.22 bits per heavy atom. The molecule has 6 heterocycles. The van der Waals surface area contributed by atoms with Crippen LogP contribution in [0.3, 0.4) is 0 Å². The number of ether oxygens (including phenoxy) is 1. The number of aromatic nitrogens is 7. The number of H-pyrrole nitrogens is 1. The molecule has 6 rings (SSSR count). The molecule has 220 valence electrons. The lowest BCUT2D eigenvalue weighted by Crippen LogP contribution is -2.33. The molecule has 7 N–H and O–H groups in total. The number of rotatable bonds is 7. The van der Waals surface area contributed by atoms with E-state index >= 15 is 8.78 Å². The van der Waals surface area contributed by atoms with Crippen molar-refractivity contribution in [3.63, 3.8) is 0 Å². The summed E-state index contributed by atoms with van der Waals surface area (Å²) in [5, 5.41) is 18.8. The first-order chi connectivity index (χ1) is 19.5. The third-order valence-electron chi connectivity index (χ3n) is 7.10. The fourth-order valence-electron chi connectivity index (χ4n) is 5.08. The van der Waals surface area contributed by atoms with E-state index in [2.05, 4.69) is 37.2 Å². The largest absolute Gasteiger partial charge is 0.395 e. The Hall–Kier alpha value is -2.80. The van der Waals surface area contributed by atoms with Crippen LogP contribution in [0.15, 0.2) is 29.7 Å². The maximum absolute atomic E-state index is 15.6. The summed E-state index contributed by atoms with van der Waals surface area (Å²) in [6.07, 6.45) is -4.21. The van der Waals surface area contributed by atoms with Crippen molar-refractivity contribution in [1.29, 1.82) is 0 Å². The number of fused-ring (bicyclic) bond motifs is 2. The lowest BCUT2D eigenvalue weighted by Gasteiger charge is -2.27. The first-order valence-corrected chi connectivity index (χ1v) is 15.9. The highest BCUT2D eigenvalue weighted by atomic mass is 32.7.